The first kappa shape index (κ1) is 15.7. The summed E-state index contributed by atoms with van der Waals surface area (Å²) in [5, 5.41) is 8.32. The number of aryl methyl sites for hydroxylation is 1. The summed E-state index contributed by atoms with van der Waals surface area (Å²) in [5.41, 5.74) is 0.970. The molecule has 0 aliphatic heterocycles. The zero-order chi connectivity index (χ0) is 17.1. The van der Waals surface area contributed by atoms with Crippen molar-refractivity contribution in [2.24, 2.45) is 0 Å². The monoisotopic (exact) mass is 323 g/mol. The molecule has 24 heavy (non-hydrogen) atoms. The van der Waals surface area contributed by atoms with Crippen LogP contribution in [0, 0.1) is 6.92 Å². The molecule has 0 radical (unpaired) electrons. The SMILES string of the molecule is COc1ccccc1NC(=O)Cn1nc(C)c2ccccc2c1=O. The second kappa shape index (κ2) is 6.54. The van der Waals surface area contributed by atoms with Gasteiger partial charge in [0.1, 0.15) is 12.3 Å². The van der Waals surface area contributed by atoms with E-state index in [-0.39, 0.29) is 18.0 Å². The summed E-state index contributed by atoms with van der Waals surface area (Å²) < 4.78 is 6.38. The molecule has 1 aromatic heterocycles. The van der Waals surface area contributed by atoms with Gasteiger partial charge in [-0.1, -0.05) is 30.3 Å². The molecule has 0 saturated heterocycles. The summed E-state index contributed by atoms with van der Waals surface area (Å²) in [6, 6.07) is 14.3. The van der Waals surface area contributed by atoms with Crippen molar-refractivity contribution in [2.45, 2.75) is 13.5 Å². The van der Waals surface area contributed by atoms with Gasteiger partial charge in [-0.05, 0) is 25.1 Å². The fourth-order valence-electron chi connectivity index (χ4n) is 2.59. The summed E-state index contributed by atoms with van der Waals surface area (Å²) in [7, 11) is 1.53. The van der Waals surface area contributed by atoms with Crippen LogP contribution in [0.1, 0.15) is 5.69 Å². The fourth-order valence-corrected chi connectivity index (χ4v) is 2.59. The van der Waals surface area contributed by atoms with Gasteiger partial charge in [0.2, 0.25) is 5.91 Å². The number of anilines is 1. The molecule has 122 valence electrons. The summed E-state index contributed by atoms with van der Waals surface area (Å²) in [5.74, 6) is 0.213. The third-order valence-electron chi connectivity index (χ3n) is 3.73. The zero-order valence-corrected chi connectivity index (χ0v) is 13.4. The van der Waals surface area contributed by atoms with Crippen molar-refractivity contribution in [2.75, 3.05) is 12.4 Å². The van der Waals surface area contributed by atoms with Gasteiger partial charge < -0.3 is 10.1 Å². The number of benzene rings is 2. The highest BCUT2D eigenvalue weighted by Gasteiger charge is 2.12. The van der Waals surface area contributed by atoms with Gasteiger partial charge in [-0.25, -0.2) is 4.68 Å². The van der Waals surface area contributed by atoms with E-state index in [1.807, 2.05) is 25.1 Å². The van der Waals surface area contributed by atoms with Gasteiger partial charge >= 0.3 is 0 Å². The van der Waals surface area contributed by atoms with E-state index in [9.17, 15) is 9.59 Å². The van der Waals surface area contributed by atoms with E-state index in [0.29, 0.717) is 22.5 Å². The largest absolute Gasteiger partial charge is 0.495 e. The number of rotatable bonds is 4. The Morgan fingerprint density at radius 2 is 1.79 bits per heavy atom. The Bertz CT molecular complexity index is 963. The lowest BCUT2D eigenvalue weighted by Crippen LogP contribution is -2.30. The number of ether oxygens (including phenoxy) is 1. The first-order valence-corrected chi connectivity index (χ1v) is 7.49. The normalized spacial score (nSPS) is 10.6. The predicted molar refractivity (Wildman–Crippen MR) is 92.4 cm³/mol. The van der Waals surface area contributed by atoms with Crippen LogP contribution in [0.3, 0.4) is 0 Å². The Balaban J connectivity index is 1.88. The quantitative estimate of drug-likeness (QED) is 0.800. The number of carbonyl (C=O) groups excluding carboxylic acids is 1. The minimum absolute atomic E-state index is 0.164. The van der Waals surface area contributed by atoms with Crippen LogP contribution in [0.5, 0.6) is 5.75 Å². The second-order valence-corrected chi connectivity index (χ2v) is 5.34. The van der Waals surface area contributed by atoms with E-state index >= 15 is 0 Å². The number of carbonyl (C=O) groups is 1. The van der Waals surface area contributed by atoms with Gasteiger partial charge in [-0.2, -0.15) is 5.10 Å². The number of amides is 1. The Labute approximate surface area is 138 Å². The lowest BCUT2D eigenvalue weighted by atomic mass is 10.1. The first-order chi connectivity index (χ1) is 11.6. The van der Waals surface area contributed by atoms with Crippen LogP contribution in [-0.2, 0) is 11.3 Å². The second-order valence-electron chi connectivity index (χ2n) is 5.34. The van der Waals surface area contributed by atoms with Crippen molar-refractivity contribution in [1.82, 2.24) is 9.78 Å². The molecule has 1 N–H and O–H groups in total. The van der Waals surface area contributed by atoms with Gasteiger partial charge in [-0.15, -0.1) is 0 Å². The smallest absolute Gasteiger partial charge is 0.275 e. The van der Waals surface area contributed by atoms with Crippen LogP contribution in [0.25, 0.3) is 10.8 Å². The third kappa shape index (κ3) is 2.99. The molecule has 2 aromatic carbocycles. The van der Waals surface area contributed by atoms with Crippen molar-refractivity contribution in [3.05, 3.63) is 64.6 Å². The van der Waals surface area contributed by atoms with E-state index < -0.39 is 0 Å². The minimum Gasteiger partial charge on any atom is -0.495 e. The van der Waals surface area contributed by atoms with Gasteiger partial charge in [0, 0.05) is 5.39 Å². The molecule has 1 amide bonds. The van der Waals surface area contributed by atoms with Crippen LogP contribution in [0.4, 0.5) is 5.69 Å². The molecule has 0 atom stereocenters. The van der Waals surface area contributed by atoms with Gasteiger partial charge in [0.05, 0.1) is 23.9 Å². The Kier molecular flexibility index (Phi) is 4.29. The molecule has 6 nitrogen and oxygen atoms in total. The number of hydrogen-bond acceptors (Lipinski definition) is 4. The molecule has 0 bridgehead atoms. The standard InChI is InChI=1S/C18H17N3O3/c1-12-13-7-3-4-8-14(13)18(23)21(20-12)11-17(22)19-15-9-5-6-10-16(15)24-2/h3-10H,11H2,1-2H3,(H,19,22). The molecule has 0 aliphatic rings. The molecule has 1 heterocycles. The molecule has 0 saturated carbocycles. The van der Waals surface area contributed by atoms with Gasteiger partial charge in [-0.3, -0.25) is 9.59 Å². The van der Waals surface area contributed by atoms with Crippen molar-refractivity contribution >= 4 is 22.4 Å². The molecule has 0 unspecified atom stereocenters. The van der Waals surface area contributed by atoms with E-state index in [1.54, 1.807) is 30.3 Å². The zero-order valence-electron chi connectivity index (χ0n) is 13.4. The summed E-state index contributed by atoms with van der Waals surface area (Å²) in [6.07, 6.45) is 0. The number of nitrogens with zero attached hydrogens (tertiary/aromatic N) is 2. The number of hydrogen-bond donors (Lipinski definition) is 1. The number of fused-ring (bicyclic) bond motifs is 1. The van der Waals surface area contributed by atoms with Crippen molar-refractivity contribution in [1.29, 1.82) is 0 Å². The molecule has 0 fully saturated rings. The molecule has 3 rings (SSSR count). The maximum Gasteiger partial charge on any atom is 0.275 e. The van der Waals surface area contributed by atoms with Crippen LogP contribution < -0.4 is 15.6 Å². The summed E-state index contributed by atoms with van der Waals surface area (Å²) in [6.45, 7) is 1.65. The highest BCUT2D eigenvalue weighted by atomic mass is 16.5. The van der Waals surface area contributed by atoms with Crippen LogP contribution in [-0.4, -0.2) is 22.8 Å². The van der Waals surface area contributed by atoms with Crippen LogP contribution >= 0.6 is 0 Å². The summed E-state index contributed by atoms with van der Waals surface area (Å²) >= 11 is 0. The first-order valence-electron chi connectivity index (χ1n) is 7.49. The van der Waals surface area contributed by atoms with E-state index in [0.717, 1.165) is 5.39 Å². The minimum atomic E-state index is -0.344. The van der Waals surface area contributed by atoms with E-state index in [2.05, 4.69) is 10.4 Å². The molecule has 0 aliphatic carbocycles. The Morgan fingerprint density at radius 1 is 1.12 bits per heavy atom. The number of methoxy groups -OCH3 is 1. The van der Waals surface area contributed by atoms with Crippen LogP contribution in [0.15, 0.2) is 53.3 Å². The topological polar surface area (TPSA) is 73.2 Å². The molecule has 0 spiro atoms. The third-order valence-corrected chi connectivity index (χ3v) is 3.73. The molecule has 3 aromatic rings. The number of nitrogens with one attached hydrogen (secondary N) is 1. The van der Waals surface area contributed by atoms with Gasteiger partial charge in [0.15, 0.2) is 0 Å². The lowest BCUT2D eigenvalue weighted by Gasteiger charge is -2.11. The van der Waals surface area contributed by atoms with E-state index in [1.165, 1.54) is 11.8 Å². The maximum atomic E-state index is 12.5. The number of para-hydroxylation sites is 2. The molecule has 6 heteroatoms. The average Bonchev–Trinajstić information content (AvgIpc) is 2.60. The van der Waals surface area contributed by atoms with Gasteiger partial charge in [0.25, 0.3) is 5.56 Å². The maximum absolute atomic E-state index is 12.5. The highest BCUT2D eigenvalue weighted by molar-refractivity contribution is 5.92. The summed E-state index contributed by atoms with van der Waals surface area (Å²) in [4.78, 5) is 24.8. The average molecular weight is 323 g/mol. The Morgan fingerprint density at radius 3 is 2.54 bits per heavy atom. The van der Waals surface area contributed by atoms with Crippen molar-refractivity contribution in [3.63, 3.8) is 0 Å². The molecular weight excluding hydrogens is 306 g/mol. The lowest BCUT2D eigenvalue weighted by molar-refractivity contribution is -0.117. The number of aromatic nitrogens is 2. The van der Waals surface area contributed by atoms with Crippen molar-refractivity contribution in [3.8, 4) is 5.75 Å². The fraction of sp³-hybridized carbons (Fsp3) is 0.167. The van der Waals surface area contributed by atoms with Crippen molar-refractivity contribution < 1.29 is 9.53 Å². The van der Waals surface area contributed by atoms with Crippen LogP contribution in [0.2, 0.25) is 0 Å². The molecular formula is C18H17N3O3. The van der Waals surface area contributed by atoms with E-state index in [4.69, 9.17) is 4.74 Å². The highest BCUT2D eigenvalue weighted by Crippen LogP contribution is 2.22. The predicted octanol–water partition coefficient (Wildman–Crippen LogP) is 2.35. The Hall–Kier alpha value is -3.15.